The van der Waals surface area contributed by atoms with Gasteiger partial charge in [-0.05, 0) is 64.3 Å². The first kappa shape index (κ1) is 26.4. The predicted molar refractivity (Wildman–Crippen MR) is 187 cm³/mol. The molecule has 5 aromatic carbocycles. The molecule has 8 aromatic rings. The Bertz CT molecular complexity index is 2300. The topological polar surface area (TPSA) is 41.6 Å². The number of aromatic amines is 1. The van der Waals surface area contributed by atoms with Gasteiger partial charge in [0.2, 0.25) is 0 Å². The zero-order chi connectivity index (χ0) is 29.6. The smallest absolute Gasteiger partial charge is 0.0916 e. The fraction of sp³-hybridized carbons (Fsp3) is 0.0500. The molecule has 0 bridgehead atoms. The standard InChI is InChI=1S/C40H30N3P/c1-26-38(28-16-7-4-8-17-28)39(43-42-26)36-25-29(31-19-10-9-18-30(31)27-14-5-3-6-15-27)24-35(41-36)34-22-13-21-33-32-20-11-12-23-37(32)44(2)40(33)34/h3-25H,1-2H3,(H,42,43). The van der Waals surface area contributed by atoms with Crippen LogP contribution in [0.5, 0.6) is 0 Å². The quantitative estimate of drug-likeness (QED) is 0.219. The molecular formula is C40H30N3P. The minimum atomic E-state index is -0.510. The van der Waals surface area contributed by atoms with Crippen LogP contribution >= 0.6 is 7.53 Å². The Hall–Kier alpha value is -5.24. The molecule has 8 rings (SSSR count). The van der Waals surface area contributed by atoms with Gasteiger partial charge in [-0.1, -0.05) is 127 Å². The van der Waals surface area contributed by atoms with Crippen molar-refractivity contribution in [3.8, 4) is 56.0 Å². The van der Waals surface area contributed by atoms with Gasteiger partial charge in [-0.2, -0.15) is 5.10 Å². The van der Waals surface area contributed by atoms with E-state index in [1.165, 1.54) is 43.3 Å². The number of hydrogen-bond acceptors (Lipinski definition) is 2. The van der Waals surface area contributed by atoms with Crippen LogP contribution in [0.15, 0.2) is 140 Å². The van der Waals surface area contributed by atoms with Crippen molar-refractivity contribution in [2.24, 2.45) is 6.66 Å². The average molecular weight is 584 g/mol. The maximum Gasteiger partial charge on any atom is 0.0916 e. The lowest BCUT2D eigenvalue weighted by atomic mass is 9.92. The summed E-state index contributed by atoms with van der Waals surface area (Å²) >= 11 is 0. The number of aromatic nitrogens is 3. The lowest BCUT2D eigenvalue weighted by Crippen LogP contribution is -1.94. The first-order valence-electron chi connectivity index (χ1n) is 14.9. The summed E-state index contributed by atoms with van der Waals surface area (Å²) in [4.78, 5) is 5.42. The maximum absolute atomic E-state index is 5.42. The van der Waals surface area contributed by atoms with Crippen LogP contribution in [0.1, 0.15) is 5.69 Å². The molecule has 0 amide bonds. The second-order valence-corrected chi connectivity index (χ2v) is 13.3. The summed E-state index contributed by atoms with van der Waals surface area (Å²) in [5.41, 5.74) is 11.9. The van der Waals surface area contributed by atoms with Gasteiger partial charge in [-0.15, -0.1) is 7.53 Å². The van der Waals surface area contributed by atoms with E-state index in [1.54, 1.807) is 0 Å². The summed E-state index contributed by atoms with van der Waals surface area (Å²) in [5.74, 6) is 0. The molecule has 3 nitrogen and oxygen atoms in total. The first-order valence-corrected chi connectivity index (χ1v) is 16.7. The SMILES string of the molecule is Cc1n[nH]c(-c2cc(-c3ccccc3-c3ccccc3)cc(-c3cccc4c5ccccc5p(C)c34)n2)c1-c1ccccc1. The van der Waals surface area contributed by atoms with E-state index in [1.807, 2.05) is 6.07 Å². The van der Waals surface area contributed by atoms with E-state index in [9.17, 15) is 0 Å². The third kappa shape index (κ3) is 4.37. The van der Waals surface area contributed by atoms with Crippen molar-refractivity contribution in [1.29, 1.82) is 0 Å². The molecule has 44 heavy (non-hydrogen) atoms. The molecule has 0 saturated carbocycles. The van der Waals surface area contributed by atoms with Crippen molar-refractivity contribution in [2.75, 3.05) is 0 Å². The van der Waals surface area contributed by atoms with Gasteiger partial charge in [-0.25, -0.2) is 4.98 Å². The molecule has 0 aliphatic carbocycles. The van der Waals surface area contributed by atoms with Crippen LogP contribution in [0.2, 0.25) is 0 Å². The summed E-state index contributed by atoms with van der Waals surface area (Å²) in [7, 11) is -0.510. The largest absolute Gasteiger partial charge is 0.275 e. The van der Waals surface area contributed by atoms with E-state index in [0.717, 1.165) is 39.5 Å². The number of pyridine rings is 1. The van der Waals surface area contributed by atoms with Crippen molar-refractivity contribution in [3.05, 3.63) is 145 Å². The molecule has 0 saturated heterocycles. The van der Waals surface area contributed by atoms with Crippen LogP contribution in [-0.2, 0) is 6.66 Å². The van der Waals surface area contributed by atoms with Gasteiger partial charge >= 0.3 is 0 Å². The lowest BCUT2D eigenvalue weighted by molar-refractivity contribution is 1.05. The molecule has 0 spiro atoms. The highest BCUT2D eigenvalue weighted by atomic mass is 31.1. The van der Waals surface area contributed by atoms with Crippen LogP contribution < -0.4 is 0 Å². The van der Waals surface area contributed by atoms with Crippen molar-refractivity contribution in [3.63, 3.8) is 0 Å². The Morgan fingerprint density at radius 1 is 0.545 bits per heavy atom. The van der Waals surface area contributed by atoms with E-state index < -0.39 is 7.53 Å². The second kappa shape index (κ2) is 10.8. The van der Waals surface area contributed by atoms with E-state index in [2.05, 4.69) is 157 Å². The van der Waals surface area contributed by atoms with Gasteiger partial charge in [0.1, 0.15) is 0 Å². The number of benzene rings is 5. The first-order chi connectivity index (χ1) is 21.7. The fourth-order valence-electron chi connectivity index (χ4n) is 6.58. The van der Waals surface area contributed by atoms with E-state index >= 15 is 0 Å². The molecule has 0 radical (unpaired) electrons. The molecule has 1 atom stereocenters. The minimum absolute atomic E-state index is 0.510. The van der Waals surface area contributed by atoms with Crippen LogP contribution in [0, 0.1) is 6.92 Å². The van der Waals surface area contributed by atoms with Crippen molar-refractivity contribution in [2.45, 2.75) is 6.92 Å². The monoisotopic (exact) mass is 583 g/mol. The third-order valence-corrected chi connectivity index (χ3v) is 10.9. The number of H-pyrrole nitrogens is 1. The van der Waals surface area contributed by atoms with E-state index in [4.69, 9.17) is 4.98 Å². The zero-order valence-electron chi connectivity index (χ0n) is 24.6. The Morgan fingerprint density at radius 3 is 1.91 bits per heavy atom. The summed E-state index contributed by atoms with van der Waals surface area (Å²) < 4.78 is 0. The molecule has 0 fully saturated rings. The molecule has 3 aromatic heterocycles. The Kier molecular flexibility index (Phi) is 6.47. The predicted octanol–water partition coefficient (Wildman–Crippen LogP) is 11.3. The number of nitrogens with one attached hydrogen (secondary N) is 1. The molecule has 0 aliphatic rings. The van der Waals surface area contributed by atoms with Gasteiger partial charge in [0.25, 0.3) is 0 Å². The summed E-state index contributed by atoms with van der Waals surface area (Å²) in [6, 6.07) is 49.8. The van der Waals surface area contributed by atoms with Gasteiger partial charge in [0.05, 0.1) is 22.8 Å². The maximum atomic E-state index is 5.42. The summed E-state index contributed by atoms with van der Waals surface area (Å²) in [6.07, 6.45) is 0. The van der Waals surface area contributed by atoms with Crippen molar-refractivity contribution >= 4 is 28.5 Å². The number of hydrogen-bond donors (Lipinski definition) is 1. The van der Waals surface area contributed by atoms with Gasteiger partial charge in [-0.3, -0.25) is 5.10 Å². The third-order valence-electron chi connectivity index (χ3n) is 8.62. The number of aryl methyl sites for hydroxylation is 2. The highest BCUT2D eigenvalue weighted by molar-refractivity contribution is 7.60. The van der Waals surface area contributed by atoms with Gasteiger partial charge in [0.15, 0.2) is 0 Å². The number of rotatable bonds is 5. The Labute approximate surface area is 257 Å². The van der Waals surface area contributed by atoms with Gasteiger partial charge in [0, 0.05) is 21.4 Å². The van der Waals surface area contributed by atoms with Crippen molar-refractivity contribution < 1.29 is 0 Å². The van der Waals surface area contributed by atoms with Crippen LogP contribution in [-0.4, -0.2) is 15.2 Å². The zero-order valence-corrected chi connectivity index (χ0v) is 25.5. The van der Waals surface area contributed by atoms with E-state index in [0.29, 0.717) is 0 Å². The molecule has 3 heterocycles. The lowest BCUT2D eigenvalue weighted by Gasteiger charge is -2.15. The van der Waals surface area contributed by atoms with Gasteiger partial charge < -0.3 is 0 Å². The number of fused-ring (bicyclic) bond motifs is 3. The molecule has 1 unspecified atom stereocenters. The fourth-order valence-corrected chi connectivity index (χ4v) is 8.79. The van der Waals surface area contributed by atoms with E-state index in [-0.39, 0.29) is 0 Å². The van der Waals surface area contributed by atoms with Crippen molar-refractivity contribution in [1.82, 2.24) is 15.2 Å². The average Bonchev–Trinajstić information content (AvgIpc) is 3.62. The summed E-state index contributed by atoms with van der Waals surface area (Å²) in [5, 5.41) is 13.5. The summed E-state index contributed by atoms with van der Waals surface area (Å²) in [6.45, 7) is 4.44. The van der Waals surface area contributed by atoms with Crippen LogP contribution in [0.25, 0.3) is 77.0 Å². The Balaban J connectivity index is 1.43. The van der Waals surface area contributed by atoms with Crippen LogP contribution in [0.3, 0.4) is 0 Å². The molecule has 1 N–H and O–H groups in total. The molecule has 210 valence electrons. The second-order valence-electron chi connectivity index (χ2n) is 11.2. The normalized spacial score (nSPS) is 11.8. The highest BCUT2D eigenvalue weighted by Gasteiger charge is 2.20. The molecule has 0 aliphatic heterocycles. The minimum Gasteiger partial charge on any atom is -0.275 e. The molecular weight excluding hydrogens is 553 g/mol. The molecule has 4 heteroatoms. The van der Waals surface area contributed by atoms with Crippen LogP contribution in [0.4, 0.5) is 0 Å². The Morgan fingerprint density at radius 2 is 1.14 bits per heavy atom. The highest BCUT2D eigenvalue weighted by Crippen LogP contribution is 2.51. The number of nitrogens with zero attached hydrogens (tertiary/aromatic N) is 2.